The number of para-hydroxylation sites is 2. The summed E-state index contributed by atoms with van der Waals surface area (Å²) in [6.45, 7) is 5.74. The van der Waals surface area contributed by atoms with Gasteiger partial charge in [0.2, 0.25) is 0 Å². The number of piperazine rings is 1. The van der Waals surface area contributed by atoms with Crippen LogP contribution in [0.15, 0.2) is 84.9 Å². The molecule has 1 aliphatic rings. The Morgan fingerprint density at radius 1 is 0.944 bits per heavy atom. The number of halogens is 1. The number of anilines is 1. The third-order valence-corrected chi connectivity index (χ3v) is 7.70. The molecule has 2 aromatic heterocycles. The van der Waals surface area contributed by atoms with E-state index in [4.69, 9.17) is 16.6 Å². The van der Waals surface area contributed by atoms with Gasteiger partial charge in [0, 0.05) is 11.1 Å². The van der Waals surface area contributed by atoms with Gasteiger partial charge in [0.25, 0.3) is 0 Å². The predicted molar refractivity (Wildman–Crippen MR) is 145 cm³/mol. The monoisotopic (exact) mass is 492 g/mol. The van der Waals surface area contributed by atoms with Crippen LogP contribution in [0.2, 0.25) is 5.02 Å². The van der Waals surface area contributed by atoms with Gasteiger partial charge in [0.05, 0.1) is 47.8 Å². The van der Waals surface area contributed by atoms with E-state index in [-0.39, 0.29) is 6.04 Å². The minimum absolute atomic E-state index is 0.179. The second kappa shape index (κ2) is 9.31. The van der Waals surface area contributed by atoms with E-state index in [1.54, 1.807) is 0 Å². The molecule has 3 aromatic carbocycles. The maximum absolute atomic E-state index is 9.85. The Hall–Kier alpha value is -3.85. The lowest BCUT2D eigenvalue weighted by molar-refractivity contribution is -0.926. The normalized spacial score (nSPS) is 15.3. The zero-order valence-corrected chi connectivity index (χ0v) is 20.9. The Kier molecular flexibility index (Phi) is 5.85. The third kappa shape index (κ3) is 3.80. The smallest absolute Gasteiger partial charge is 0.157 e. The first-order chi connectivity index (χ1) is 17.7. The Bertz CT molecular complexity index is 1590. The number of nitrogens with zero attached hydrogens (tertiary/aromatic N) is 4. The van der Waals surface area contributed by atoms with Gasteiger partial charge in [-0.25, -0.2) is 4.98 Å². The molecule has 5 nitrogen and oxygen atoms in total. The SMILES string of the molecule is Cc1cc(N2CC[NH+]([C@@H](c3ccccc3)c3ccccc3Cl)CC2)n2c(nc3ccccc32)c1C#N. The molecule has 1 aliphatic heterocycles. The lowest BCUT2D eigenvalue weighted by Crippen LogP contribution is -3.15. The average Bonchev–Trinajstić information content (AvgIpc) is 3.30. The van der Waals surface area contributed by atoms with Gasteiger partial charge in [-0.1, -0.05) is 72.3 Å². The van der Waals surface area contributed by atoms with E-state index in [0.29, 0.717) is 5.56 Å². The number of hydrogen-bond donors (Lipinski definition) is 1. The first-order valence-corrected chi connectivity index (χ1v) is 12.7. The van der Waals surface area contributed by atoms with Gasteiger partial charge in [0.15, 0.2) is 5.65 Å². The number of nitrogens with one attached hydrogen (secondary N) is 1. The van der Waals surface area contributed by atoms with Gasteiger partial charge in [-0.3, -0.25) is 4.40 Å². The summed E-state index contributed by atoms with van der Waals surface area (Å²) >= 11 is 6.71. The Morgan fingerprint density at radius 3 is 2.39 bits per heavy atom. The largest absolute Gasteiger partial charge is 0.346 e. The Morgan fingerprint density at radius 2 is 1.64 bits per heavy atom. The standard InChI is InChI=1S/C30H26ClN5/c1-21-19-28(36-27-14-8-7-13-26(27)33-30(36)24(21)20-32)34-15-17-35(18-16-34)29(22-9-3-2-4-10-22)23-11-5-6-12-25(23)31/h2-14,19,29H,15-18H2,1H3/p+1/t29-/m0/s1. The summed E-state index contributed by atoms with van der Waals surface area (Å²) in [5.41, 5.74) is 6.74. The van der Waals surface area contributed by atoms with Crippen LogP contribution >= 0.6 is 11.6 Å². The molecule has 0 bridgehead atoms. The summed E-state index contributed by atoms with van der Waals surface area (Å²) in [5.74, 6) is 1.10. The summed E-state index contributed by atoms with van der Waals surface area (Å²) in [4.78, 5) is 8.77. The highest BCUT2D eigenvalue weighted by atomic mass is 35.5. The molecule has 1 N–H and O–H groups in total. The molecule has 6 rings (SSSR count). The van der Waals surface area contributed by atoms with E-state index < -0.39 is 0 Å². The van der Waals surface area contributed by atoms with Crippen LogP contribution in [-0.2, 0) is 0 Å². The zero-order chi connectivity index (χ0) is 24.6. The molecular weight excluding hydrogens is 466 g/mol. The fourth-order valence-corrected chi connectivity index (χ4v) is 5.85. The highest BCUT2D eigenvalue weighted by molar-refractivity contribution is 6.31. The van der Waals surface area contributed by atoms with Crippen LogP contribution in [0.5, 0.6) is 0 Å². The number of aryl methyl sites for hydroxylation is 1. The molecule has 36 heavy (non-hydrogen) atoms. The van der Waals surface area contributed by atoms with Crippen molar-refractivity contribution >= 4 is 34.1 Å². The van der Waals surface area contributed by atoms with E-state index in [1.165, 1.54) is 16.0 Å². The molecule has 3 heterocycles. The molecule has 0 radical (unpaired) electrons. The molecule has 1 atom stereocenters. The summed E-state index contributed by atoms with van der Waals surface area (Å²) < 4.78 is 2.16. The molecule has 0 unspecified atom stereocenters. The average molecular weight is 493 g/mol. The third-order valence-electron chi connectivity index (χ3n) is 7.35. The molecular formula is C30H27ClN5+. The number of aromatic nitrogens is 2. The zero-order valence-electron chi connectivity index (χ0n) is 20.2. The first kappa shape index (κ1) is 22.6. The molecule has 0 aliphatic carbocycles. The van der Waals surface area contributed by atoms with E-state index in [9.17, 15) is 5.26 Å². The molecule has 0 amide bonds. The molecule has 0 saturated carbocycles. The van der Waals surface area contributed by atoms with Crippen molar-refractivity contribution in [3.63, 3.8) is 0 Å². The number of fused-ring (bicyclic) bond motifs is 3. The second-order valence-electron chi connectivity index (χ2n) is 9.44. The van der Waals surface area contributed by atoms with Crippen molar-refractivity contribution in [2.75, 3.05) is 31.1 Å². The molecule has 0 spiro atoms. The van der Waals surface area contributed by atoms with Crippen molar-refractivity contribution in [1.29, 1.82) is 5.26 Å². The minimum Gasteiger partial charge on any atom is -0.346 e. The fourth-order valence-electron chi connectivity index (χ4n) is 5.60. The van der Waals surface area contributed by atoms with Crippen molar-refractivity contribution in [2.45, 2.75) is 13.0 Å². The van der Waals surface area contributed by atoms with Gasteiger partial charge in [-0.2, -0.15) is 5.26 Å². The quantitative estimate of drug-likeness (QED) is 0.391. The van der Waals surface area contributed by atoms with Crippen LogP contribution < -0.4 is 9.80 Å². The van der Waals surface area contributed by atoms with Gasteiger partial charge in [-0.05, 0) is 36.8 Å². The van der Waals surface area contributed by atoms with Crippen LogP contribution in [0.3, 0.4) is 0 Å². The number of imidazole rings is 1. The van der Waals surface area contributed by atoms with Crippen molar-refractivity contribution in [2.24, 2.45) is 0 Å². The lowest BCUT2D eigenvalue weighted by atomic mass is 9.96. The highest BCUT2D eigenvalue weighted by Gasteiger charge is 2.32. The van der Waals surface area contributed by atoms with Crippen LogP contribution in [-0.4, -0.2) is 35.6 Å². The van der Waals surface area contributed by atoms with Gasteiger partial charge in [0.1, 0.15) is 17.9 Å². The number of nitriles is 1. The first-order valence-electron chi connectivity index (χ1n) is 12.4. The van der Waals surface area contributed by atoms with Crippen LogP contribution in [0.25, 0.3) is 16.7 Å². The number of hydrogen-bond acceptors (Lipinski definition) is 3. The number of pyridine rings is 1. The van der Waals surface area contributed by atoms with Crippen molar-refractivity contribution < 1.29 is 4.90 Å². The van der Waals surface area contributed by atoms with Crippen LogP contribution in [0.1, 0.15) is 28.3 Å². The Labute approximate surface area is 215 Å². The number of quaternary nitrogens is 1. The summed E-state index contributed by atoms with van der Waals surface area (Å²) in [6.07, 6.45) is 0. The van der Waals surface area contributed by atoms with Gasteiger partial charge < -0.3 is 9.80 Å². The molecule has 5 aromatic rings. The Balaban J connectivity index is 1.37. The molecule has 1 fully saturated rings. The van der Waals surface area contributed by atoms with E-state index >= 15 is 0 Å². The fraction of sp³-hybridized carbons (Fsp3) is 0.200. The maximum atomic E-state index is 9.85. The summed E-state index contributed by atoms with van der Waals surface area (Å²) in [7, 11) is 0. The van der Waals surface area contributed by atoms with Crippen LogP contribution in [0, 0.1) is 18.3 Å². The van der Waals surface area contributed by atoms with Crippen molar-refractivity contribution in [3.05, 3.63) is 112 Å². The number of rotatable bonds is 4. The lowest BCUT2D eigenvalue weighted by Gasteiger charge is -2.38. The minimum atomic E-state index is 0.179. The topological polar surface area (TPSA) is 48.8 Å². The van der Waals surface area contributed by atoms with Gasteiger partial charge >= 0.3 is 0 Å². The van der Waals surface area contributed by atoms with Gasteiger partial charge in [-0.15, -0.1) is 0 Å². The summed E-state index contributed by atoms with van der Waals surface area (Å²) in [6, 6.07) is 31.7. The number of benzene rings is 3. The molecule has 1 saturated heterocycles. The second-order valence-corrected chi connectivity index (χ2v) is 9.85. The predicted octanol–water partition coefficient (Wildman–Crippen LogP) is 4.82. The van der Waals surface area contributed by atoms with Crippen molar-refractivity contribution in [3.8, 4) is 6.07 Å². The maximum Gasteiger partial charge on any atom is 0.157 e. The van der Waals surface area contributed by atoms with Crippen LogP contribution in [0.4, 0.5) is 5.82 Å². The molecule has 6 heteroatoms. The highest BCUT2D eigenvalue weighted by Crippen LogP contribution is 2.30. The van der Waals surface area contributed by atoms with E-state index in [2.05, 4.69) is 70.0 Å². The van der Waals surface area contributed by atoms with E-state index in [1.807, 2.05) is 37.3 Å². The van der Waals surface area contributed by atoms with E-state index in [0.717, 1.165) is 59.3 Å². The molecule has 178 valence electrons. The van der Waals surface area contributed by atoms with Crippen molar-refractivity contribution in [1.82, 2.24) is 9.38 Å². The summed E-state index contributed by atoms with van der Waals surface area (Å²) in [5, 5.41) is 10.7.